The predicted molar refractivity (Wildman–Crippen MR) is 82.2 cm³/mol. The van der Waals surface area contributed by atoms with Gasteiger partial charge >= 0.3 is 0 Å². The number of nitrogens with two attached hydrogens (primary N) is 1. The third kappa shape index (κ3) is 5.90. The second-order valence-electron chi connectivity index (χ2n) is 4.51. The lowest BCUT2D eigenvalue weighted by molar-refractivity contribution is -0.119. The number of halogens is 1. The number of nitrogens with one attached hydrogen (secondary N) is 1. The van der Waals surface area contributed by atoms with E-state index in [2.05, 4.69) is 4.72 Å². The molecule has 1 aromatic rings. The summed E-state index contributed by atoms with van der Waals surface area (Å²) in [5, 5.41) is 0. The highest BCUT2D eigenvalue weighted by Gasteiger charge is 2.12. The van der Waals surface area contributed by atoms with E-state index in [-0.39, 0.29) is 36.5 Å². The Morgan fingerprint density at radius 3 is 2.30 bits per heavy atom. The molecule has 1 unspecified atom stereocenters. The van der Waals surface area contributed by atoms with Crippen LogP contribution in [0.15, 0.2) is 24.3 Å². The first-order chi connectivity index (χ1) is 8.85. The van der Waals surface area contributed by atoms with Crippen molar-refractivity contribution in [3.05, 3.63) is 35.4 Å². The number of sulfonamides is 1. The van der Waals surface area contributed by atoms with Crippen LogP contribution in [0.5, 0.6) is 0 Å². The molecule has 0 spiro atoms. The monoisotopic (exact) mass is 320 g/mol. The number of amides is 1. The fourth-order valence-electron chi connectivity index (χ4n) is 1.62. The normalized spacial score (nSPS) is 12.5. The van der Waals surface area contributed by atoms with E-state index in [9.17, 15) is 13.2 Å². The third-order valence-electron chi connectivity index (χ3n) is 2.88. The molecule has 3 N–H and O–H groups in total. The number of benzene rings is 1. The number of carbonyl (C=O) groups excluding carboxylic acids is 1. The molecule has 7 heteroatoms. The quantitative estimate of drug-likeness (QED) is 0.798. The topological polar surface area (TPSA) is 89.3 Å². The zero-order valence-electron chi connectivity index (χ0n) is 11.6. The van der Waals surface area contributed by atoms with Gasteiger partial charge in [-0.25, -0.2) is 13.1 Å². The Labute approximate surface area is 126 Å². The molecule has 0 aromatic heterocycles. The van der Waals surface area contributed by atoms with Crippen molar-refractivity contribution in [2.45, 2.75) is 32.7 Å². The molecule has 0 fully saturated rings. The predicted octanol–water partition coefficient (Wildman–Crippen LogP) is 1.53. The van der Waals surface area contributed by atoms with Crippen molar-refractivity contribution in [1.29, 1.82) is 0 Å². The summed E-state index contributed by atoms with van der Waals surface area (Å²) in [6.07, 6.45) is 0.588. The van der Waals surface area contributed by atoms with E-state index < -0.39 is 10.0 Å². The fourth-order valence-corrected chi connectivity index (χ4v) is 2.69. The lowest BCUT2D eigenvalue weighted by Gasteiger charge is -2.09. The van der Waals surface area contributed by atoms with Gasteiger partial charge in [0.05, 0.1) is 11.7 Å². The Balaban J connectivity index is 0.00000361. The van der Waals surface area contributed by atoms with Gasteiger partial charge in [0.15, 0.2) is 0 Å². The zero-order valence-corrected chi connectivity index (χ0v) is 13.3. The maximum Gasteiger partial charge on any atom is 0.224 e. The number of hydrogen-bond acceptors (Lipinski definition) is 3. The van der Waals surface area contributed by atoms with Gasteiger partial charge in [-0.15, -0.1) is 12.4 Å². The summed E-state index contributed by atoms with van der Waals surface area (Å²) in [6, 6.07) is 7.17. The molecule has 1 rings (SSSR count). The van der Waals surface area contributed by atoms with E-state index in [0.717, 1.165) is 11.1 Å². The molecule has 1 amide bonds. The van der Waals surface area contributed by atoms with Gasteiger partial charge in [0, 0.05) is 6.54 Å². The van der Waals surface area contributed by atoms with Gasteiger partial charge in [0.1, 0.15) is 0 Å². The highest BCUT2D eigenvalue weighted by atomic mass is 35.5. The van der Waals surface area contributed by atoms with Crippen LogP contribution < -0.4 is 10.5 Å². The molecule has 5 nitrogen and oxygen atoms in total. The minimum atomic E-state index is -3.19. The first-order valence-corrected chi connectivity index (χ1v) is 7.86. The van der Waals surface area contributed by atoms with Crippen molar-refractivity contribution in [2.75, 3.05) is 5.75 Å². The van der Waals surface area contributed by atoms with Crippen LogP contribution in [-0.4, -0.2) is 20.1 Å². The van der Waals surface area contributed by atoms with Crippen LogP contribution in [0.25, 0.3) is 0 Å². The molecule has 0 saturated carbocycles. The van der Waals surface area contributed by atoms with Gasteiger partial charge in [-0.2, -0.15) is 0 Å². The third-order valence-corrected chi connectivity index (χ3v) is 4.41. The van der Waals surface area contributed by atoms with E-state index in [1.807, 2.05) is 6.92 Å². The Morgan fingerprint density at radius 2 is 1.85 bits per heavy atom. The molecule has 20 heavy (non-hydrogen) atoms. The van der Waals surface area contributed by atoms with Crippen LogP contribution in [-0.2, 0) is 21.4 Å². The molecule has 114 valence electrons. The van der Waals surface area contributed by atoms with Gasteiger partial charge < -0.3 is 5.73 Å². The zero-order chi connectivity index (χ0) is 14.5. The fraction of sp³-hybridized carbons (Fsp3) is 0.462. The maximum absolute atomic E-state index is 11.5. The Kier molecular flexibility index (Phi) is 7.78. The molecule has 0 aliphatic carbocycles. The average molecular weight is 321 g/mol. The summed E-state index contributed by atoms with van der Waals surface area (Å²) in [6.45, 7) is 3.81. The van der Waals surface area contributed by atoms with Gasteiger partial charge in [-0.05, 0) is 24.5 Å². The Bertz CT molecular complexity index is 529. The standard InChI is InChI=1S/C13H20N2O3S.ClH/c1-3-8-19(17,18)15-9-11-4-6-12(7-5-11)10(2)13(14)16;/h4-7,10,15H,3,8-9H2,1-2H3,(H2,14,16);1H. The van der Waals surface area contributed by atoms with E-state index in [1.54, 1.807) is 31.2 Å². The molecule has 1 aromatic carbocycles. The van der Waals surface area contributed by atoms with Crippen LogP contribution in [0, 0.1) is 0 Å². The first kappa shape index (κ1) is 18.9. The maximum atomic E-state index is 11.5. The van der Waals surface area contributed by atoms with Gasteiger partial charge in [-0.1, -0.05) is 31.2 Å². The molecular formula is C13H21ClN2O3S. The average Bonchev–Trinajstić information content (AvgIpc) is 2.36. The van der Waals surface area contributed by atoms with Crippen molar-refractivity contribution in [1.82, 2.24) is 4.72 Å². The summed E-state index contributed by atoms with van der Waals surface area (Å²) in [5.74, 6) is -0.591. The highest BCUT2D eigenvalue weighted by molar-refractivity contribution is 7.89. The van der Waals surface area contributed by atoms with Crippen LogP contribution in [0.1, 0.15) is 37.3 Å². The smallest absolute Gasteiger partial charge is 0.224 e. The SMILES string of the molecule is CCCS(=O)(=O)NCc1ccc(C(C)C(N)=O)cc1.Cl. The highest BCUT2D eigenvalue weighted by Crippen LogP contribution is 2.15. The molecule has 0 heterocycles. The van der Waals surface area contributed by atoms with Crippen molar-refractivity contribution >= 4 is 28.3 Å². The largest absolute Gasteiger partial charge is 0.369 e. The number of hydrogen-bond donors (Lipinski definition) is 2. The summed E-state index contributed by atoms with van der Waals surface area (Å²) < 4.78 is 25.5. The van der Waals surface area contributed by atoms with E-state index >= 15 is 0 Å². The van der Waals surface area contributed by atoms with Gasteiger partial charge in [-0.3, -0.25) is 4.79 Å². The van der Waals surface area contributed by atoms with Crippen LogP contribution in [0.4, 0.5) is 0 Å². The molecule has 0 radical (unpaired) electrons. The van der Waals surface area contributed by atoms with Crippen LogP contribution in [0.3, 0.4) is 0 Å². The van der Waals surface area contributed by atoms with E-state index in [4.69, 9.17) is 5.73 Å². The summed E-state index contributed by atoms with van der Waals surface area (Å²) in [4.78, 5) is 11.0. The lowest BCUT2D eigenvalue weighted by Crippen LogP contribution is -2.25. The summed E-state index contributed by atoms with van der Waals surface area (Å²) in [5.41, 5.74) is 6.90. The van der Waals surface area contributed by atoms with Crippen molar-refractivity contribution in [3.63, 3.8) is 0 Å². The Morgan fingerprint density at radius 1 is 1.30 bits per heavy atom. The van der Waals surface area contributed by atoms with Crippen LogP contribution >= 0.6 is 12.4 Å². The lowest BCUT2D eigenvalue weighted by atomic mass is 9.99. The van der Waals surface area contributed by atoms with Crippen molar-refractivity contribution < 1.29 is 13.2 Å². The van der Waals surface area contributed by atoms with Crippen LogP contribution in [0.2, 0.25) is 0 Å². The van der Waals surface area contributed by atoms with E-state index in [0.29, 0.717) is 6.42 Å². The van der Waals surface area contributed by atoms with Gasteiger partial charge in [0.25, 0.3) is 0 Å². The first-order valence-electron chi connectivity index (χ1n) is 6.21. The second-order valence-corrected chi connectivity index (χ2v) is 6.43. The minimum Gasteiger partial charge on any atom is -0.369 e. The number of rotatable bonds is 7. The number of carbonyl (C=O) groups is 1. The minimum absolute atomic E-state index is 0. The van der Waals surface area contributed by atoms with Gasteiger partial charge in [0.2, 0.25) is 15.9 Å². The molecule has 0 aliphatic rings. The molecule has 0 saturated heterocycles. The number of primary amides is 1. The summed E-state index contributed by atoms with van der Waals surface area (Å²) in [7, 11) is -3.19. The van der Waals surface area contributed by atoms with E-state index in [1.165, 1.54) is 0 Å². The van der Waals surface area contributed by atoms with Crippen molar-refractivity contribution in [2.24, 2.45) is 5.73 Å². The van der Waals surface area contributed by atoms with Crippen molar-refractivity contribution in [3.8, 4) is 0 Å². The molecule has 0 aliphatic heterocycles. The molecule has 0 bridgehead atoms. The Hall–Kier alpha value is -1.11. The summed E-state index contributed by atoms with van der Waals surface area (Å²) >= 11 is 0. The molecule has 1 atom stereocenters. The second kappa shape index (κ2) is 8.24. The molecular weight excluding hydrogens is 300 g/mol.